The summed E-state index contributed by atoms with van der Waals surface area (Å²) in [6.07, 6.45) is 76.2. The van der Waals surface area contributed by atoms with E-state index in [2.05, 4.69) is 43.5 Å². The lowest BCUT2D eigenvalue weighted by molar-refractivity contribution is -0.143. The minimum absolute atomic E-state index is 0.0109. The monoisotopic (exact) mass is 998 g/mol. The van der Waals surface area contributed by atoms with Crippen LogP contribution >= 0.6 is 0 Å². The molecule has 0 aromatic carbocycles. The maximum atomic E-state index is 12.5. The Morgan fingerprint density at radius 2 is 0.704 bits per heavy atom. The summed E-state index contributed by atoms with van der Waals surface area (Å²) in [4.78, 5) is 24.5. The molecular weight excluding hydrogens is 875 g/mol. The SMILES string of the molecule is CCCCCCCCCCCCCCC/C=C/C(O)C(CO)NC(=O)CCCCCCCCCCCCC/C=C\C/C=C\CCCCCCCCCCCOC(=O)CCCCCCCCCCCCCC. The van der Waals surface area contributed by atoms with Gasteiger partial charge in [-0.3, -0.25) is 9.59 Å². The van der Waals surface area contributed by atoms with Gasteiger partial charge in [-0.15, -0.1) is 0 Å². The summed E-state index contributed by atoms with van der Waals surface area (Å²) in [6.45, 7) is 4.91. The lowest BCUT2D eigenvalue weighted by atomic mass is 10.0. The molecule has 0 saturated heterocycles. The van der Waals surface area contributed by atoms with Gasteiger partial charge in [0, 0.05) is 12.8 Å². The maximum absolute atomic E-state index is 12.5. The average molecular weight is 999 g/mol. The van der Waals surface area contributed by atoms with Crippen LogP contribution in [-0.4, -0.2) is 47.4 Å². The van der Waals surface area contributed by atoms with Crippen LogP contribution in [0, 0.1) is 0 Å². The van der Waals surface area contributed by atoms with Gasteiger partial charge in [-0.1, -0.05) is 301 Å². The number of unbranched alkanes of at least 4 members (excludes halogenated alkanes) is 44. The predicted molar refractivity (Wildman–Crippen MR) is 310 cm³/mol. The number of amides is 1. The first-order valence-corrected chi connectivity index (χ1v) is 31.8. The van der Waals surface area contributed by atoms with Crippen molar-refractivity contribution in [3.05, 3.63) is 36.5 Å². The number of esters is 1. The van der Waals surface area contributed by atoms with E-state index in [4.69, 9.17) is 4.74 Å². The number of nitrogens with one attached hydrogen (secondary N) is 1. The van der Waals surface area contributed by atoms with Gasteiger partial charge in [-0.25, -0.2) is 0 Å². The molecule has 1 amide bonds. The molecule has 0 aromatic rings. The molecule has 0 aliphatic heterocycles. The van der Waals surface area contributed by atoms with Gasteiger partial charge in [-0.2, -0.15) is 0 Å². The van der Waals surface area contributed by atoms with Crippen LogP contribution < -0.4 is 5.32 Å². The number of rotatable bonds is 59. The van der Waals surface area contributed by atoms with Gasteiger partial charge in [0.2, 0.25) is 5.91 Å². The van der Waals surface area contributed by atoms with Crippen molar-refractivity contribution in [1.29, 1.82) is 0 Å². The molecule has 2 unspecified atom stereocenters. The van der Waals surface area contributed by atoms with E-state index < -0.39 is 12.1 Å². The second-order valence-electron chi connectivity index (χ2n) is 21.7. The van der Waals surface area contributed by atoms with Crippen LogP contribution in [0.5, 0.6) is 0 Å². The summed E-state index contributed by atoms with van der Waals surface area (Å²) in [5.74, 6) is -0.0589. The fraction of sp³-hybridized carbons (Fsp3) is 0.877. The highest BCUT2D eigenvalue weighted by molar-refractivity contribution is 5.76. The molecule has 0 heterocycles. The van der Waals surface area contributed by atoms with Crippen LogP contribution in [0.15, 0.2) is 36.5 Å². The van der Waals surface area contributed by atoms with E-state index in [1.165, 1.54) is 270 Å². The van der Waals surface area contributed by atoms with Crippen molar-refractivity contribution in [3.63, 3.8) is 0 Å². The highest BCUT2D eigenvalue weighted by Gasteiger charge is 2.18. The first-order chi connectivity index (χ1) is 35.0. The van der Waals surface area contributed by atoms with E-state index >= 15 is 0 Å². The van der Waals surface area contributed by atoms with E-state index in [0.717, 1.165) is 44.9 Å². The molecular formula is C65H123NO5. The summed E-state index contributed by atoms with van der Waals surface area (Å²) in [5.41, 5.74) is 0. The maximum Gasteiger partial charge on any atom is 0.305 e. The number of carbonyl (C=O) groups is 2. The Balaban J connectivity index is 3.44. The largest absolute Gasteiger partial charge is 0.466 e. The minimum atomic E-state index is -0.846. The molecule has 6 heteroatoms. The zero-order chi connectivity index (χ0) is 51.4. The van der Waals surface area contributed by atoms with Gasteiger partial charge in [0.1, 0.15) is 0 Å². The van der Waals surface area contributed by atoms with E-state index in [9.17, 15) is 19.8 Å². The molecule has 0 aliphatic rings. The highest BCUT2D eigenvalue weighted by Crippen LogP contribution is 2.17. The summed E-state index contributed by atoms with van der Waals surface area (Å²) in [5, 5.41) is 23.1. The van der Waals surface area contributed by atoms with E-state index in [1.54, 1.807) is 6.08 Å². The molecule has 0 fully saturated rings. The summed E-state index contributed by atoms with van der Waals surface area (Å²) < 4.78 is 5.47. The molecule has 6 nitrogen and oxygen atoms in total. The quantitative estimate of drug-likeness (QED) is 0.0321. The smallest absolute Gasteiger partial charge is 0.305 e. The summed E-state index contributed by atoms with van der Waals surface area (Å²) in [7, 11) is 0. The third-order valence-electron chi connectivity index (χ3n) is 14.7. The zero-order valence-electron chi connectivity index (χ0n) is 47.7. The number of hydrogen-bond donors (Lipinski definition) is 3. The van der Waals surface area contributed by atoms with Gasteiger partial charge < -0.3 is 20.3 Å². The number of carbonyl (C=O) groups excluding carboxylic acids is 2. The summed E-state index contributed by atoms with van der Waals surface area (Å²) in [6, 6.07) is -0.630. The zero-order valence-corrected chi connectivity index (χ0v) is 47.7. The second-order valence-corrected chi connectivity index (χ2v) is 21.7. The first-order valence-electron chi connectivity index (χ1n) is 31.8. The Bertz CT molecular complexity index is 1150. The van der Waals surface area contributed by atoms with Crippen molar-refractivity contribution < 1.29 is 24.5 Å². The van der Waals surface area contributed by atoms with Gasteiger partial charge >= 0.3 is 5.97 Å². The van der Waals surface area contributed by atoms with Crippen molar-refractivity contribution >= 4 is 11.9 Å². The molecule has 0 bridgehead atoms. The van der Waals surface area contributed by atoms with Crippen molar-refractivity contribution in [2.75, 3.05) is 13.2 Å². The van der Waals surface area contributed by atoms with Crippen LogP contribution in [-0.2, 0) is 14.3 Å². The third kappa shape index (κ3) is 57.2. The van der Waals surface area contributed by atoms with Crippen LogP contribution in [0.4, 0.5) is 0 Å². The Kier molecular flexibility index (Phi) is 59.0. The van der Waals surface area contributed by atoms with Gasteiger partial charge in [0.05, 0.1) is 25.4 Å². The number of hydrogen-bond acceptors (Lipinski definition) is 5. The van der Waals surface area contributed by atoms with Gasteiger partial charge in [0.15, 0.2) is 0 Å². The molecule has 418 valence electrons. The predicted octanol–water partition coefficient (Wildman–Crippen LogP) is 20.0. The Labute approximate surface area is 443 Å². The molecule has 0 radical (unpaired) electrons. The van der Waals surface area contributed by atoms with Crippen LogP contribution in [0.1, 0.15) is 341 Å². The first kappa shape index (κ1) is 69.1. The molecule has 2 atom stereocenters. The van der Waals surface area contributed by atoms with E-state index in [-0.39, 0.29) is 18.5 Å². The van der Waals surface area contributed by atoms with Crippen LogP contribution in [0.25, 0.3) is 0 Å². The molecule has 3 N–H and O–H groups in total. The molecule has 0 spiro atoms. The fourth-order valence-electron chi connectivity index (χ4n) is 9.78. The normalized spacial score (nSPS) is 12.8. The molecule has 0 rings (SSSR count). The lowest BCUT2D eigenvalue weighted by Crippen LogP contribution is -2.45. The standard InChI is InChI=1S/C65H123NO5/c1-3-5-7-9-11-13-15-17-31-34-37-41-45-49-53-57-63(68)62(61-67)66-64(69)58-54-50-46-42-38-35-32-29-27-25-23-21-19-18-20-22-24-26-28-30-33-36-40-44-48-52-56-60-71-65(70)59-55-51-47-43-39-16-14-12-10-8-6-4-2/h18-19,22,24,53,57,62-63,67-68H,3-17,20-21,23,25-52,54-56,58-61H2,1-2H3,(H,66,69)/b19-18-,24-22-,57-53+. The Morgan fingerprint density at radius 3 is 1.07 bits per heavy atom. The number of ether oxygens (including phenoxy) is 1. The van der Waals surface area contributed by atoms with E-state index in [1.807, 2.05) is 6.08 Å². The highest BCUT2D eigenvalue weighted by atomic mass is 16.5. The van der Waals surface area contributed by atoms with E-state index in [0.29, 0.717) is 19.4 Å². The van der Waals surface area contributed by atoms with Crippen LogP contribution in [0.2, 0.25) is 0 Å². The van der Waals surface area contributed by atoms with Crippen molar-refractivity contribution in [3.8, 4) is 0 Å². The minimum Gasteiger partial charge on any atom is -0.466 e. The molecule has 71 heavy (non-hydrogen) atoms. The fourth-order valence-corrected chi connectivity index (χ4v) is 9.78. The second kappa shape index (κ2) is 60.6. The number of allylic oxidation sites excluding steroid dienone is 5. The number of aliphatic hydroxyl groups is 2. The van der Waals surface area contributed by atoms with Gasteiger partial charge in [-0.05, 0) is 64.2 Å². The molecule has 0 aromatic heterocycles. The number of aliphatic hydroxyl groups excluding tert-OH is 2. The third-order valence-corrected chi connectivity index (χ3v) is 14.7. The summed E-state index contributed by atoms with van der Waals surface area (Å²) >= 11 is 0. The Hall–Kier alpha value is -1.92. The van der Waals surface area contributed by atoms with Crippen molar-refractivity contribution in [2.24, 2.45) is 0 Å². The van der Waals surface area contributed by atoms with Crippen LogP contribution in [0.3, 0.4) is 0 Å². The molecule has 0 aliphatic carbocycles. The molecule has 0 saturated carbocycles. The van der Waals surface area contributed by atoms with Gasteiger partial charge in [0.25, 0.3) is 0 Å². The lowest BCUT2D eigenvalue weighted by Gasteiger charge is -2.20. The Morgan fingerprint density at radius 1 is 0.394 bits per heavy atom. The van der Waals surface area contributed by atoms with Crippen molar-refractivity contribution in [2.45, 2.75) is 353 Å². The van der Waals surface area contributed by atoms with Crippen molar-refractivity contribution in [1.82, 2.24) is 5.32 Å². The topological polar surface area (TPSA) is 95.9 Å². The average Bonchev–Trinajstić information content (AvgIpc) is 3.37.